The van der Waals surface area contributed by atoms with Gasteiger partial charge in [-0.25, -0.2) is 8.42 Å². The fourth-order valence-electron chi connectivity index (χ4n) is 3.98. The van der Waals surface area contributed by atoms with Crippen molar-refractivity contribution in [3.05, 3.63) is 101 Å². The normalized spacial score (nSPS) is 12.0. The van der Waals surface area contributed by atoms with Crippen molar-refractivity contribution >= 4 is 39.1 Å². The first kappa shape index (κ1) is 28.2. The van der Waals surface area contributed by atoms with Crippen LogP contribution in [0.5, 0.6) is 0 Å². The summed E-state index contributed by atoms with van der Waals surface area (Å²) in [7, 11) is -3.83. The summed E-state index contributed by atoms with van der Waals surface area (Å²) >= 11 is 6.11. The van der Waals surface area contributed by atoms with E-state index in [-0.39, 0.29) is 24.6 Å². The summed E-state index contributed by atoms with van der Waals surface area (Å²) in [6, 6.07) is 22.6. The lowest BCUT2D eigenvalue weighted by Gasteiger charge is -2.33. The average Bonchev–Trinajstić information content (AvgIpc) is 2.85. The van der Waals surface area contributed by atoms with Crippen molar-refractivity contribution in [2.45, 2.75) is 32.9 Å². The number of hydrogen-bond acceptors (Lipinski definition) is 4. The Bertz CT molecular complexity index is 1310. The zero-order valence-corrected chi connectivity index (χ0v) is 22.8. The van der Waals surface area contributed by atoms with Crippen LogP contribution < -0.4 is 9.62 Å². The third kappa shape index (κ3) is 8.06. The van der Waals surface area contributed by atoms with Gasteiger partial charge in [0, 0.05) is 24.5 Å². The Kier molecular flexibility index (Phi) is 9.72. The number of amides is 2. The molecule has 3 aromatic carbocycles. The maximum absolute atomic E-state index is 13.9. The minimum absolute atomic E-state index is 0.140. The van der Waals surface area contributed by atoms with E-state index in [1.54, 1.807) is 18.2 Å². The fraction of sp³-hybridized carbons (Fsp3) is 0.286. The predicted molar refractivity (Wildman–Crippen MR) is 148 cm³/mol. The summed E-state index contributed by atoms with van der Waals surface area (Å²) in [4.78, 5) is 28.6. The summed E-state index contributed by atoms with van der Waals surface area (Å²) in [6.45, 7) is 3.84. The molecule has 7 nitrogen and oxygen atoms in total. The molecule has 196 valence electrons. The number of anilines is 1. The van der Waals surface area contributed by atoms with E-state index < -0.39 is 28.5 Å². The number of likely N-dealkylation sites (N-methyl/N-ethyl adjacent to an activating group) is 1. The highest BCUT2D eigenvalue weighted by Crippen LogP contribution is 2.23. The summed E-state index contributed by atoms with van der Waals surface area (Å²) in [6.07, 6.45) is 1.32. The number of halogens is 1. The van der Waals surface area contributed by atoms with E-state index in [1.165, 1.54) is 11.0 Å². The Morgan fingerprint density at radius 1 is 0.946 bits per heavy atom. The highest BCUT2D eigenvalue weighted by atomic mass is 35.5. The molecule has 1 N–H and O–H groups in total. The third-order valence-corrected chi connectivity index (χ3v) is 7.25. The SMILES string of the molecule is CCNC(=O)C(Cc1ccccc1)N(Cc1ccc(C)cc1)C(=O)CN(c1cccc(Cl)c1)S(C)(=O)=O. The molecule has 0 aliphatic carbocycles. The van der Waals surface area contributed by atoms with E-state index in [0.717, 1.165) is 27.3 Å². The van der Waals surface area contributed by atoms with Gasteiger partial charge in [-0.15, -0.1) is 0 Å². The van der Waals surface area contributed by atoms with Gasteiger partial charge in [-0.3, -0.25) is 13.9 Å². The van der Waals surface area contributed by atoms with Crippen LogP contribution in [0.3, 0.4) is 0 Å². The molecule has 0 spiro atoms. The molecule has 0 aromatic heterocycles. The number of hydrogen-bond donors (Lipinski definition) is 1. The van der Waals surface area contributed by atoms with E-state index >= 15 is 0 Å². The van der Waals surface area contributed by atoms with Gasteiger partial charge in [0.2, 0.25) is 21.8 Å². The molecule has 0 aliphatic rings. The van der Waals surface area contributed by atoms with Gasteiger partial charge in [0.25, 0.3) is 0 Å². The van der Waals surface area contributed by atoms with Gasteiger partial charge in [-0.1, -0.05) is 77.8 Å². The minimum atomic E-state index is -3.83. The highest BCUT2D eigenvalue weighted by molar-refractivity contribution is 7.92. The van der Waals surface area contributed by atoms with Gasteiger partial charge >= 0.3 is 0 Å². The van der Waals surface area contributed by atoms with E-state index in [4.69, 9.17) is 11.6 Å². The molecule has 3 aromatic rings. The van der Waals surface area contributed by atoms with Crippen LogP contribution in [0.15, 0.2) is 78.9 Å². The Labute approximate surface area is 224 Å². The smallest absolute Gasteiger partial charge is 0.244 e. The lowest BCUT2D eigenvalue weighted by molar-refractivity contribution is -0.140. The molecule has 0 saturated carbocycles. The van der Waals surface area contributed by atoms with Crippen molar-refractivity contribution in [2.24, 2.45) is 0 Å². The van der Waals surface area contributed by atoms with Crippen LogP contribution in [0, 0.1) is 6.92 Å². The van der Waals surface area contributed by atoms with Crippen LogP contribution in [0.4, 0.5) is 5.69 Å². The van der Waals surface area contributed by atoms with E-state index in [1.807, 2.05) is 68.4 Å². The summed E-state index contributed by atoms with van der Waals surface area (Å²) in [5.74, 6) is -0.807. The largest absolute Gasteiger partial charge is 0.355 e. The molecular formula is C28H32ClN3O4S. The number of benzene rings is 3. The predicted octanol–water partition coefficient (Wildman–Crippen LogP) is 4.19. The Morgan fingerprint density at radius 3 is 2.22 bits per heavy atom. The second-order valence-corrected chi connectivity index (χ2v) is 11.2. The van der Waals surface area contributed by atoms with Crippen molar-refractivity contribution in [1.82, 2.24) is 10.2 Å². The highest BCUT2D eigenvalue weighted by Gasteiger charge is 2.32. The maximum Gasteiger partial charge on any atom is 0.244 e. The molecular weight excluding hydrogens is 510 g/mol. The molecule has 2 amide bonds. The topological polar surface area (TPSA) is 86.8 Å². The van der Waals surface area contributed by atoms with Crippen molar-refractivity contribution in [3.63, 3.8) is 0 Å². The second-order valence-electron chi connectivity index (χ2n) is 8.86. The molecule has 9 heteroatoms. The zero-order valence-electron chi connectivity index (χ0n) is 21.2. The van der Waals surface area contributed by atoms with Gasteiger partial charge in [-0.2, -0.15) is 0 Å². The summed E-state index contributed by atoms with van der Waals surface area (Å²) in [5.41, 5.74) is 3.05. The van der Waals surface area contributed by atoms with Crippen LogP contribution in [0.1, 0.15) is 23.6 Å². The van der Waals surface area contributed by atoms with Crippen molar-refractivity contribution in [2.75, 3.05) is 23.7 Å². The molecule has 37 heavy (non-hydrogen) atoms. The molecule has 0 heterocycles. The zero-order chi connectivity index (χ0) is 27.0. The molecule has 0 radical (unpaired) electrons. The number of aryl methyl sites for hydroxylation is 1. The number of nitrogens with zero attached hydrogens (tertiary/aromatic N) is 2. The molecule has 3 rings (SSSR count). The monoisotopic (exact) mass is 541 g/mol. The molecule has 1 unspecified atom stereocenters. The average molecular weight is 542 g/mol. The Hall–Kier alpha value is -3.36. The van der Waals surface area contributed by atoms with Crippen molar-refractivity contribution in [1.29, 1.82) is 0 Å². The number of rotatable bonds is 11. The number of carbonyl (C=O) groups is 2. The standard InChI is InChI=1S/C28H32ClN3O4S/c1-4-30-28(34)26(17-22-9-6-5-7-10-22)31(19-23-15-13-21(2)14-16-23)27(33)20-32(37(3,35)36)25-12-8-11-24(29)18-25/h5-16,18,26H,4,17,19-20H2,1-3H3,(H,30,34). The Morgan fingerprint density at radius 2 is 1.62 bits per heavy atom. The van der Waals surface area contributed by atoms with Gasteiger partial charge in [0.1, 0.15) is 12.6 Å². The van der Waals surface area contributed by atoms with Crippen molar-refractivity contribution < 1.29 is 18.0 Å². The second kappa shape index (κ2) is 12.7. The van der Waals surface area contributed by atoms with E-state index in [0.29, 0.717) is 11.6 Å². The molecule has 0 aliphatic heterocycles. The molecule has 0 saturated heterocycles. The molecule has 1 atom stereocenters. The van der Waals surface area contributed by atoms with E-state index in [2.05, 4.69) is 5.32 Å². The number of sulfonamides is 1. The Balaban J connectivity index is 2.03. The summed E-state index contributed by atoms with van der Waals surface area (Å²) in [5, 5.41) is 3.18. The molecule has 0 bridgehead atoms. The third-order valence-electron chi connectivity index (χ3n) is 5.87. The van der Waals surface area contributed by atoms with Crippen LogP contribution in [0.25, 0.3) is 0 Å². The van der Waals surface area contributed by atoms with Gasteiger partial charge in [-0.05, 0) is 43.2 Å². The first-order chi connectivity index (χ1) is 17.6. The minimum Gasteiger partial charge on any atom is -0.355 e. The quantitative estimate of drug-likeness (QED) is 0.394. The van der Waals surface area contributed by atoms with Gasteiger partial charge in [0.15, 0.2) is 0 Å². The van der Waals surface area contributed by atoms with Crippen LogP contribution in [-0.4, -0.2) is 50.5 Å². The maximum atomic E-state index is 13.9. The number of nitrogens with one attached hydrogen (secondary N) is 1. The van der Waals surface area contributed by atoms with Crippen LogP contribution in [0.2, 0.25) is 5.02 Å². The molecule has 0 fully saturated rings. The fourth-order valence-corrected chi connectivity index (χ4v) is 5.01. The van der Waals surface area contributed by atoms with Gasteiger partial charge in [0.05, 0.1) is 11.9 Å². The van der Waals surface area contributed by atoms with Gasteiger partial charge < -0.3 is 10.2 Å². The lowest BCUT2D eigenvalue weighted by Crippen LogP contribution is -2.53. The first-order valence-electron chi connectivity index (χ1n) is 12.0. The summed E-state index contributed by atoms with van der Waals surface area (Å²) < 4.78 is 26.5. The van der Waals surface area contributed by atoms with Crippen LogP contribution >= 0.6 is 11.6 Å². The number of carbonyl (C=O) groups excluding carboxylic acids is 2. The van der Waals surface area contributed by atoms with Crippen molar-refractivity contribution in [3.8, 4) is 0 Å². The van der Waals surface area contributed by atoms with Crippen LogP contribution in [-0.2, 0) is 32.6 Å². The lowest BCUT2D eigenvalue weighted by atomic mass is 10.0. The first-order valence-corrected chi connectivity index (χ1v) is 14.2. The van der Waals surface area contributed by atoms with E-state index in [9.17, 15) is 18.0 Å².